The van der Waals surface area contributed by atoms with Crippen molar-refractivity contribution >= 4 is 35.0 Å². The molecule has 10 heteroatoms. The van der Waals surface area contributed by atoms with Crippen molar-refractivity contribution in [3.63, 3.8) is 0 Å². The van der Waals surface area contributed by atoms with Crippen LogP contribution in [0.1, 0.15) is 36.6 Å². The minimum absolute atomic E-state index is 0.139. The lowest BCUT2D eigenvalue weighted by Gasteiger charge is -2.26. The van der Waals surface area contributed by atoms with Gasteiger partial charge in [0.2, 0.25) is 0 Å². The van der Waals surface area contributed by atoms with Crippen LogP contribution in [0.2, 0.25) is 0 Å². The maximum atomic E-state index is 14.1. The second-order valence-corrected chi connectivity index (χ2v) is 10.2. The summed E-state index contributed by atoms with van der Waals surface area (Å²) in [6.07, 6.45) is 1.66. The quantitative estimate of drug-likeness (QED) is 0.229. The van der Waals surface area contributed by atoms with E-state index in [-0.39, 0.29) is 17.7 Å². The maximum absolute atomic E-state index is 14.1. The van der Waals surface area contributed by atoms with E-state index in [1.807, 2.05) is 30.3 Å². The van der Waals surface area contributed by atoms with Crippen molar-refractivity contribution in [1.82, 2.24) is 4.57 Å². The second-order valence-electron chi connectivity index (χ2n) is 9.18. The predicted octanol–water partition coefficient (Wildman–Crippen LogP) is 3.88. The first-order valence-corrected chi connectivity index (χ1v) is 14.0. The minimum Gasteiger partial charge on any atom is -0.493 e. The monoisotopic (exact) mass is 584 g/mol. The van der Waals surface area contributed by atoms with E-state index in [0.29, 0.717) is 49.0 Å². The first-order valence-electron chi connectivity index (χ1n) is 13.1. The van der Waals surface area contributed by atoms with Gasteiger partial charge in [0, 0.05) is 18.1 Å². The van der Waals surface area contributed by atoms with E-state index in [2.05, 4.69) is 0 Å². The van der Waals surface area contributed by atoms with E-state index in [1.54, 1.807) is 55.5 Å². The lowest BCUT2D eigenvalue weighted by Crippen LogP contribution is -2.40. The number of rotatable bonds is 8. The fourth-order valence-corrected chi connectivity index (χ4v) is 5.76. The van der Waals surface area contributed by atoms with Gasteiger partial charge in [-0.05, 0) is 36.8 Å². The van der Waals surface area contributed by atoms with Crippen molar-refractivity contribution in [2.75, 3.05) is 20.8 Å². The molecule has 3 aromatic carbocycles. The van der Waals surface area contributed by atoms with Crippen LogP contribution in [0.5, 0.6) is 17.2 Å². The number of esters is 2. The molecule has 0 bridgehead atoms. The summed E-state index contributed by atoms with van der Waals surface area (Å²) in [7, 11) is 3.05. The van der Waals surface area contributed by atoms with Crippen LogP contribution >= 0.6 is 11.3 Å². The van der Waals surface area contributed by atoms with Crippen LogP contribution in [0.3, 0.4) is 0 Å². The number of hydrogen-bond donors (Lipinski definition) is 0. The molecular weight excluding hydrogens is 556 g/mol. The molecule has 0 radical (unpaired) electrons. The molecule has 0 fully saturated rings. The Morgan fingerprint density at radius 1 is 0.952 bits per heavy atom. The topological polar surface area (TPSA) is 105 Å². The largest absolute Gasteiger partial charge is 0.493 e. The molecule has 0 spiro atoms. The van der Waals surface area contributed by atoms with Crippen LogP contribution in [0.15, 0.2) is 88.2 Å². The molecule has 42 heavy (non-hydrogen) atoms. The molecule has 0 saturated carbocycles. The number of carbonyl (C=O) groups excluding carboxylic acids is 2. The van der Waals surface area contributed by atoms with Crippen LogP contribution in [0, 0.1) is 0 Å². The van der Waals surface area contributed by atoms with Gasteiger partial charge in [0.25, 0.3) is 5.56 Å². The van der Waals surface area contributed by atoms with Crippen LogP contribution in [-0.2, 0) is 14.3 Å². The molecule has 2 heterocycles. The van der Waals surface area contributed by atoms with Crippen molar-refractivity contribution < 1.29 is 28.5 Å². The Balaban J connectivity index is 1.83. The summed E-state index contributed by atoms with van der Waals surface area (Å²) >= 11 is 1.17. The lowest BCUT2D eigenvalue weighted by atomic mass is 9.93. The third-order valence-electron chi connectivity index (χ3n) is 6.56. The number of aromatic nitrogens is 1. The summed E-state index contributed by atoms with van der Waals surface area (Å²) in [5.41, 5.74) is 2.10. The number of thiazole rings is 1. The van der Waals surface area contributed by atoms with Crippen molar-refractivity contribution in [3.05, 3.63) is 115 Å². The number of carbonyl (C=O) groups is 2. The van der Waals surface area contributed by atoms with Gasteiger partial charge in [-0.1, -0.05) is 65.9 Å². The standard InChI is InChI=1S/C32H28N2O7S/c1-5-40-31(37)27-28(20-11-7-6-8-12-20)33-32-34(29(27)22-15-16-24(38-3)25(17-22)39-4)30(36)26(42-32)18-21-13-9-10-14-23(21)41-19(2)35/h6-18,29H,5H2,1-4H3/b26-18-/t29-/m1/s1. The highest BCUT2D eigenvalue weighted by atomic mass is 32.1. The lowest BCUT2D eigenvalue weighted by molar-refractivity contribution is -0.139. The van der Waals surface area contributed by atoms with Gasteiger partial charge in [0.1, 0.15) is 5.75 Å². The number of nitrogens with zero attached hydrogens (tertiary/aromatic N) is 2. The van der Waals surface area contributed by atoms with Crippen LogP contribution in [-0.4, -0.2) is 37.3 Å². The zero-order chi connectivity index (χ0) is 29.8. The normalized spacial score (nSPS) is 14.6. The van der Waals surface area contributed by atoms with Gasteiger partial charge in [-0.3, -0.25) is 14.2 Å². The average Bonchev–Trinajstić information content (AvgIpc) is 3.31. The van der Waals surface area contributed by atoms with Crippen molar-refractivity contribution in [2.45, 2.75) is 19.9 Å². The summed E-state index contributed by atoms with van der Waals surface area (Å²) in [5, 5.41) is 0. The molecular formula is C32H28N2O7S. The molecule has 9 nitrogen and oxygen atoms in total. The Bertz CT molecular complexity index is 1870. The average molecular weight is 585 g/mol. The molecule has 1 aliphatic heterocycles. The Morgan fingerprint density at radius 2 is 1.67 bits per heavy atom. The van der Waals surface area contributed by atoms with Gasteiger partial charge in [-0.15, -0.1) is 0 Å². The van der Waals surface area contributed by atoms with Gasteiger partial charge < -0.3 is 18.9 Å². The van der Waals surface area contributed by atoms with Gasteiger partial charge in [0.05, 0.1) is 42.7 Å². The number of hydrogen-bond acceptors (Lipinski definition) is 9. The number of fused-ring (bicyclic) bond motifs is 1. The summed E-state index contributed by atoms with van der Waals surface area (Å²) in [4.78, 5) is 44.7. The molecule has 214 valence electrons. The van der Waals surface area contributed by atoms with E-state index in [0.717, 1.165) is 0 Å². The fourth-order valence-electron chi connectivity index (χ4n) is 4.77. The SMILES string of the molecule is CCOC(=O)C1=C(c2ccccc2)N=c2s/c(=C\c3ccccc3OC(C)=O)c(=O)n2[C@@H]1c1ccc(OC)c(OC)c1. The zero-order valence-corrected chi connectivity index (χ0v) is 24.3. The Labute approximate surface area is 245 Å². The fraction of sp³-hybridized carbons (Fsp3) is 0.188. The summed E-state index contributed by atoms with van der Waals surface area (Å²) in [5.74, 6) is 0.200. The highest BCUT2D eigenvalue weighted by molar-refractivity contribution is 7.07. The first kappa shape index (κ1) is 28.6. The molecule has 0 unspecified atom stereocenters. The molecule has 0 N–H and O–H groups in total. The van der Waals surface area contributed by atoms with Crippen molar-refractivity contribution in [2.24, 2.45) is 4.99 Å². The molecule has 5 rings (SSSR count). The highest BCUT2D eigenvalue weighted by Gasteiger charge is 2.35. The molecule has 4 aromatic rings. The zero-order valence-electron chi connectivity index (χ0n) is 23.5. The van der Waals surface area contributed by atoms with Crippen LogP contribution in [0.25, 0.3) is 11.8 Å². The van der Waals surface area contributed by atoms with Crippen molar-refractivity contribution in [1.29, 1.82) is 0 Å². The Hall–Kier alpha value is -4.96. The van der Waals surface area contributed by atoms with E-state index >= 15 is 0 Å². The number of para-hydroxylation sites is 1. The Morgan fingerprint density at radius 3 is 2.36 bits per heavy atom. The minimum atomic E-state index is -0.888. The van der Waals surface area contributed by atoms with E-state index in [9.17, 15) is 14.4 Å². The second kappa shape index (κ2) is 12.3. The molecule has 1 aliphatic rings. The smallest absolute Gasteiger partial charge is 0.338 e. The van der Waals surface area contributed by atoms with Crippen LogP contribution in [0.4, 0.5) is 0 Å². The molecule has 1 aromatic heterocycles. The van der Waals surface area contributed by atoms with Gasteiger partial charge in [-0.25, -0.2) is 9.79 Å². The van der Waals surface area contributed by atoms with E-state index in [1.165, 1.54) is 37.0 Å². The van der Waals surface area contributed by atoms with Gasteiger partial charge in [-0.2, -0.15) is 0 Å². The van der Waals surface area contributed by atoms with Crippen LogP contribution < -0.4 is 29.1 Å². The van der Waals surface area contributed by atoms with Gasteiger partial charge in [0.15, 0.2) is 16.3 Å². The Kier molecular flexibility index (Phi) is 8.35. The van der Waals surface area contributed by atoms with Crippen molar-refractivity contribution in [3.8, 4) is 17.2 Å². The maximum Gasteiger partial charge on any atom is 0.338 e. The van der Waals surface area contributed by atoms with E-state index in [4.69, 9.17) is 23.9 Å². The summed E-state index contributed by atoms with van der Waals surface area (Å²) < 4.78 is 23.7. The number of methoxy groups -OCH3 is 2. The first-order chi connectivity index (χ1) is 20.4. The third-order valence-corrected chi connectivity index (χ3v) is 7.54. The molecule has 1 atom stereocenters. The summed E-state index contributed by atoms with van der Waals surface area (Å²) in [6, 6.07) is 20.6. The van der Waals surface area contributed by atoms with Gasteiger partial charge >= 0.3 is 11.9 Å². The van der Waals surface area contributed by atoms with E-state index < -0.39 is 18.0 Å². The number of benzene rings is 3. The molecule has 0 amide bonds. The highest BCUT2D eigenvalue weighted by Crippen LogP contribution is 2.38. The summed E-state index contributed by atoms with van der Waals surface area (Å²) in [6.45, 7) is 3.18. The predicted molar refractivity (Wildman–Crippen MR) is 158 cm³/mol. The molecule has 0 saturated heterocycles. The third kappa shape index (κ3) is 5.48. The number of ether oxygens (including phenoxy) is 4. The molecule has 0 aliphatic carbocycles.